The van der Waals surface area contributed by atoms with Crippen molar-refractivity contribution >= 4 is 6.08 Å². The van der Waals surface area contributed by atoms with Crippen LogP contribution in [0.3, 0.4) is 0 Å². The predicted octanol–water partition coefficient (Wildman–Crippen LogP) is 3.80. The van der Waals surface area contributed by atoms with Gasteiger partial charge in [-0.2, -0.15) is 4.99 Å². The zero-order chi connectivity index (χ0) is 13.2. The van der Waals surface area contributed by atoms with E-state index in [0.29, 0.717) is 12.0 Å². The first-order chi connectivity index (χ1) is 8.63. The molecular formula is C15H18FNO. The fraction of sp³-hybridized carbons (Fsp3) is 0.533. The summed E-state index contributed by atoms with van der Waals surface area (Å²) in [5, 5.41) is 0. The number of aryl methyl sites for hydroxylation is 2. The topological polar surface area (TPSA) is 29.4 Å². The quantitative estimate of drug-likeness (QED) is 0.590. The molecule has 0 spiro atoms. The standard InChI is InChI=1S/C15H18FNO/c1-3-12-9-13(11(2)8-14(12)16)15(17-10-18)6-4-5-7-15/h8-9H,3-7H2,1-2H3. The molecule has 0 bridgehead atoms. The van der Waals surface area contributed by atoms with Crippen molar-refractivity contribution < 1.29 is 9.18 Å². The van der Waals surface area contributed by atoms with Crippen molar-refractivity contribution in [3.63, 3.8) is 0 Å². The van der Waals surface area contributed by atoms with Gasteiger partial charge in [0.25, 0.3) is 0 Å². The maximum absolute atomic E-state index is 13.7. The Morgan fingerprint density at radius 1 is 1.39 bits per heavy atom. The number of carbonyl (C=O) groups excluding carboxylic acids is 1. The maximum Gasteiger partial charge on any atom is 0.235 e. The molecule has 96 valence electrons. The van der Waals surface area contributed by atoms with Crippen molar-refractivity contribution in [1.29, 1.82) is 0 Å². The maximum atomic E-state index is 13.7. The van der Waals surface area contributed by atoms with Crippen molar-refractivity contribution in [2.75, 3.05) is 0 Å². The highest BCUT2D eigenvalue weighted by Crippen LogP contribution is 2.43. The lowest BCUT2D eigenvalue weighted by molar-refractivity contribution is 0.451. The lowest BCUT2D eigenvalue weighted by atomic mass is 9.84. The van der Waals surface area contributed by atoms with Gasteiger partial charge in [0.1, 0.15) is 5.82 Å². The molecular weight excluding hydrogens is 229 g/mol. The zero-order valence-electron chi connectivity index (χ0n) is 10.9. The fourth-order valence-electron chi connectivity index (χ4n) is 2.98. The highest BCUT2D eigenvalue weighted by molar-refractivity contribution is 5.43. The van der Waals surface area contributed by atoms with Crippen LogP contribution < -0.4 is 0 Å². The van der Waals surface area contributed by atoms with Crippen LogP contribution >= 0.6 is 0 Å². The first kappa shape index (κ1) is 13.0. The molecule has 0 heterocycles. The summed E-state index contributed by atoms with van der Waals surface area (Å²) in [4.78, 5) is 14.8. The van der Waals surface area contributed by atoms with Crippen LogP contribution in [0.15, 0.2) is 17.1 Å². The fourth-order valence-corrected chi connectivity index (χ4v) is 2.98. The van der Waals surface area contributed by atoms with Crippen molar-refractivity contribution in [3.05, 3.63) is 34.6 Å². The molecule has 18 heavy (non-hydrogen) atoms. The summed E-state index contributed by atoms with van der Waals surface area (Å²) in [6, 6.07) is 3.45. The van der Waals surface area contributed by atoms with Crippen molar-refractivity contribution in [2.24, 2.45) is 4.99 Å². The van der Waals surface area contributed by atoms with Gasteiger partial charge in [-0.25, -0.2) is 9.18 Å². The van der Waals surface area contributed by atoms with Gasteiger partial charge in [-0.15, -0.1) is 0 Å². The molecule has 1 aliphatic carbocycles. The van der Waals surface area contributed by atoms with Crippen LogP contribution in [0.5, 0.6) is 0 Å². The van der Waals surface area contributed by atoms with E-state index < -0.39 is 5.54 Å². The molecule has 1 fully saturated rings. The number of nitrogens with zero attached hydrogens (tertiary/aromatic N) is 1. The molecule has 2 nitrogen and oxygen atoms in total. The van der Waals surface area contributed by atoms with Gasteiger partial charge in [-0.05, 0) is 48.9 Å². The Morgan fingerprint density at radius 2 is 2.06 bits per heavy atom. The first-order valence-electron chi connectivity index (χ1n) is 6.51. The Balaban J connectivity index is 2.57. The molecule has 0 amide bonds. The van der Waals surface area contributed by atoms with E-state index in [4.69, 9.17) is 0 Å². The third-order valence-electron chi connectivity index (χ3n) is 3.97. The van der Waals surface area contributed by atoms with E-state index in [-0.39, 0.29) is 5.82 Å². The van der Waals surface area contributed by atoms with Gasteiger partial charge in [0, 0.05) is 0 Å². The minimum absolute atomic E-state index is 0.165. The van der Waals surface area contributed by atoms with Crippen LogP contribution in [0.1, 0.15) is 49.3 Å². The summed E-state index contributed by atoms with van der Waals surface area (Å²) in [6.07, 6.45) is 6.20. The molecule has 1 aliphatic rings. The monoisotopic (exact) mass is 247 g/mol. The second kappa shape index (κ2) is 5.03. The number of benzene rings is 1. The Morgan fingerprint density at radius 3 is 2.61 bits per heavy atom. The second-order valence-corrected chi connectivity index (χ2v) is 5.05. The molecule has 0 aliphatic heterocycles. The Labute approximate surface area is 107 Å². The van der Waals surface area contributed by atoms with E-state index in [2.05, 4.69) is 4.99 Å². The largest absolute Gasteiger partial charge is 0.235 e. The van der Waals surface area contributed by atoms with Crippen LogP contribution in [0.25, 0.3) is 0 Å². The van der Waals surface area contributed by atoms with Gasteiger partial charge < -0.3 is 0 Å². The van der Waals surface area contributed by atoms with Gasteiger partial charge in [0.2, 0.25) is 6.08 Å². The molecule has 0 radical (unpaired) electrons. The van der Waals surface area contributed by atoms with E-state index in [1.807, 2.05) is 19.9 Å². The third kappa shape index (κ3) is 2.11. The third-order valence-corrected chi connectivity index (χ3v) is 3.97. The highest BCUT2D eigenvalue weighted by Gasteiger charge is 2.37. The Kier molecular flexibility index (Phi) is 3.63. The number of rotatable bonds is 3. The lowest BCUT2D eigenvalue weighted by Crippen LogP contribution is -2.21. The van der Waals surface area contributed by atoms with Crippen molar-refractivity contribution in [3.8, 4) is 0 Å². The minimum Gasteiger partial charge on any atom is -0.211 e. The van der Waals surface area contributed by atoms with Crippen LogP contribution in [-0.4, -0.2) is 6.08 Å². The summed E-state index contributed by atoms with van der Waals surface area (Å²) in [7, 11) is 0. The minimum atomic E-state index is -0.455. The zero-order valence-corrected chi connectivity index (χ0v) is 10.9. The molecule has 0 saturated heterocycles. The average molecular weight is 247 g/mol. The summed E-state index contributed by atoms with van der Waals surface area (Å²) in [6.45, 7) is 3.82. The van der Waals surface area contributed by atoms with Crippen LogP contribution in [-0.2, 0) is 16.8 Å². The molecule has 0 atom stereocenters. The summed E-state index contributed by atoms with van der Waals surface area (Å²) in [5.74, 6) is -0.165. The average Bonchev–Trinajstić information content (AvgIpc) is 2.79. The number of hydrogen-bond acceptors (Lipinski definition) is 2. The van der Waals surface area contributed by atoms with Crippen LogP contribution in [0, 0.1) is 12.7 Å². The lowest BCUT2D eigenvalue weighted by Gasteiger charge is -2.25. The van der Waals surface area contributed by atoms with E-state index in [1.165, 1.54) is 0 Å². The molecule has 2 rings (SSSR count). The van der Waals surface area contributed by atoms with Gasteiger partial charge in [-0.3, -0.25) is 0 Å². The molecule has 3 heteroatoms. The van der Waals surface area contributed by atoms with Gasteiger partial charge in [0.15, 0.2) is 0 Å². The van der Waals surface area contributed by atoms with Crippen molar-refractivity contribution in [1.82, 2.24) is 0 Å². The summed E-state index contributed by atoms with van der Waals surface area (Å²) < 4.78 is 13.7. The number of hydrogen-bond donors (Lipinski definition) is 0. The van der Waals surface area contributed by atoms with E-state index in [1.54, 1.807) is 12.1 Å². The summed E-state index contributed by atoms with van der Waals surface area (Å²) in [5.41, 5.74) is 2.12. The molecule has 1 aromatic rings. The smallest absolute Gasteiger partial charge is 0.211 e. The van der Waals surface area contributed by atoms with Crippen LogP contribution in [0.4, 0.5) is 4.39 Å². The predicted molar refractivity (Wildman–Crippen MR) is 68.8 cm³/mol. The Bertz CT molecular complexity index is 497. The van der Waals surface area contributed by atoms with Crippen LogP contribution in [0.2, 0.25) is 0 Å². The normalized spacial score (nSPS) is 17.5. The van der Waals surface area contributed by atoms with E-state index >= 15 is 0 Å². The SMILES string of the molecule is CCc1cc(C2(N=C=O)CCCC2)c(C)cc1F. The first-order valence-corrected chi connectivity index (χ1v) is 6.51. The number of isocyanates is 1. The molecule has 1 saturated carbocycles. The molecule has 1 aromatic carbocycles. The molecule has 0 unspecified atom stereocenters. The molecule has 0 N–H and O–H groups in total. The molecule has 0 aromatic heterocycles. The summed E-state index contributed by atoms with van der Waals surface area (Å²) >= 11 is 0. The van der Waals surface area contributed by atoms with Crippen molar-refractivity contribution in [2.45, 2.75) is 51.5 Å². The van der Waals surface area contributed by atoms with Gasteiger partial charge in [0.05, 0.1) is 5.54 Å². The Hall–Kier alpha value is -1.47. The van der Waals surface area contributed by atoms with Gasteiger partial charge in [-0.1, -0.05) is 25.8 Å². The van der Waals surface area contributed by atoms with Gasteiger partial charge >= 0.3 is 0 Å². The van der Waals surface area contributed by atoms with E-state index in [0.717, 1.165) is 36.8 Å². The van der Waals surface area contributed by atoms with E-state index in [9.17, 15) is 9.18 Å². The number of halogens is 1. The number of aliphatic imine (C=N–C) groups is 1. The highest BCUT2D eigenvalue weighted by atomic mass is 19.1. The second-order valence-electron chi connectivity index (χ2n) is 5.05.